The summed E-state index contributed by atoms with van der Waals surface area (Å²) in [6.07, 6.45) is 0.849. The van der Waals surface area contributed by atoms with E-state index >= 15 is 0 Å². The predicted octanol–water partition coefficient (Wildman–Crippen LogP) is 2.58. The van der Waals surface area contributed by atoms with E-state index in [0.29, 0.717) is 6.54 Å². The SMILES string of the molecule is CC(C)N(CC(=O)O)C(=O)N1CCc2sccc2C1C. The molecule has 2 rings (SSSR count). The summed E-state index contributed by atoms with van der Waals surface area (Å²) in [6.45, 7) is 6.07. The van der Waals surface area contributed by atoms with E-state index in [-0.39, 0.29) is 24.7 Å². The third-order valence-corrected chi connectivity index (χ3v) is 4.69. The molecule has 0 radical (unpaired) electrons. The van der Waals surface area contributed by atoms with E-state index in [1.807, 2.05) is 26.2 Å². The normalized spacial score (nSPS) is 18.0. The summed E-state index contributed by atoms with van der Waals surface area (Å²) in [5.41, 5.74) is 1.19. The van der Waals surface area contributed by atoms with E-state index in [1.54, 1.807) is 16.2 Å². The van der Waals surface area contributed by atoms with Gasteiger partial charge in [0, 0.05) is 17.5 Å². The number of amides is 2. The maximum atomic E-state index is 12.6. The monoisotopic (exact) mass is 296 g/mol. The Hall–Kier alpha value is -1.56. The molecule has 0 saturated carbocycles. The molecular formula is C14H20N2O3S. The molecule has 1 aliphatic rings. The topological polar surface area (TPSA) is 60.9 Å². The standard InChI is InChI=1S/C14H20N2O3S/c1-9(2)16(8-13(17)18)14(19)15-6-4-12-11(10(15)3)5-7-20-12/h5,7,9-10H,4,6,8H2,1-3H3,(H,17,18). The van der Waals surface area contributed by atoms with Gasteiger partial charge in [-0.2, -0.15) is 0 Å². The first-order chi connectivity index (χ1) is 9.41. The van der Waals surface area contributed by atoms with Gasteiger partial charge in [0.2, 0.25) is 0 Å². The Morgan fingerprint density at radius 1 is 1.55 bits per heavy atom. The number of urea groups is 1. The number of aliphatic carboxylic acids is 1. The molecular weight excluding hydrogens is 276 g/mol. The van der Waals surface area contributed by atoms with E-state index in [9.17, 15) is 9.59 Å². The van der Waals surface area contributed by atoms with E-state index in [0.717, 1.165) is 6.42 Å². The van der Waals surface area contributed by atoms with Crippen LogP contribution in [-0.4, -0.2) is 46.0 Å². The van der Waals surface area contributed by atoms with Gasteiger partial charge in [-0.3, -0.25) is 4.79 Å². The Morgan fingerprint density at radius 2 is 2.25 bits per heavy atom. The molecule has 1 atom stereocenters. The third-order valence-electron chi connectivity index (χ3n) is 3.70. The Balaban J connectivity index is 2.18. The molecule has 1 N–H and O–H groups in total. The van der Waals surface area contributed by atoms with Crippen molar-refractivity contribution in [2.45, 2.75) is 39.3 Å². The van der Waals surface area contributed by atoms with E-state index in [2.05, 4.69) is 6.07 Å². The first-order valence-electron chi connectivity index (χ1n) is 6.77. The van der Waals surface area contributed by atoms with Crippen molar-refractivity contribution in [3.8, 4) is 0 Å². The van der Waals surface area contributed by atoms with Gasteiger partial charge in [0.1, 0.15) is 6.54 Å². The summed E-state index contributed by atoms with van der Waals surface area (Å²) in [6, 6.07) is 1.75. The first-order valence-corrected chi connectivity index (χ1v) is 7.65. The second-order valence-corrected chi connectivity index (χ2v) is 6.32. The molecule has 0 bridgehead atoms. The van der Waals surface area contributed by atoms with Crippen LogP contribution in [0.25, 0.3) is 0 Å². The largest absolute Gasteiger partial charge is 0.480 e. The molecule has 20 heavy (non-hydrogen) atoms. The van der Waals surface area contributed by atoms with Gasteiger partial charge in [-0.15, -0.1) is 11.3 Å². The maximum Gasteiger partial charge on any atom is 0.323 e. The number of rotatable bonds is 3. The van der Waals surface area contributed by atoms with Gasteiger partial charge in [0.25, 0.3) is 0 Å². The maximum absolute atomic E-state index is 12.6. The number of thiophene rings is 1. The van der Waals surface area contributed by atoms with Gasteiger partial charge in [-0.1, -0.05) is 0 Å². The summed E-state index contributed by atoms with van der Waals surface area (Å²) in [7, 11) is 0. The van der Waals surface area contributed by atoms with Gasteiger partial charge in [-0.05, 0) is 44.2 Å². The lowest BCUT2D eigenvalue weighted by atomic mass is 10.0. The van der Waals surface area contributed by atoms with Crippen LogP contribution in [0.2, 0.25) is 0 Å². The third kappa shape index (κ3) is 2.80. The Kier molecular flexibility index (Phi) is 4.32. The summed E-state index contributed by atoms with van der Waals surface area (Å²) in [5, 5.41) is 11.0. The van der Waals surface area contributed by atoms with Crippen molar-refractivity contribution in [1.29, 1.82) is 0 Å². The minimum atomic E-state index is -0.979. The van der Waals surface area contributed by atoms with Crippen molar-refractivity contribution in [3.63, 3.8) is 0 Å². The van der Waals surface area contributed by atoms with Crippen molar-refractivity contribution in [2.75, 3.05) is 13.1 Å². The highest BCUT2D eigenvalue weighted by atomic mass is 32.1. The lowest BCUT2D eigenvalue weighted by molar-refractivity contribution is -0.138. The second-order valence-electron chi connectivity index (χ2n) is 5.32. The van der Waals surface area contributed by atoms with Crippen LogP contribution < -0.4 is 0 Å². The van der Waals surface area contributed by atoms with Crippen molar-refractivity contribution >= 4 is 23.3 Å². The van der Waals surface area contributed by atoms with Gasteiger partial charge < -0.3 is 14.9 Å². The lowest BCUT2D eigenvalue weighted by Crippen LogP contribution is -2.50. The molecule has 0 fully saturated rings. The number of hydrogen-bond donors (Lipinski definition) is 1. The fourth-order valence-electron chi connectivity index (χ4n) is 2.55. The molecule has 5 nitrogen and oxygen atoms in total. The van der Waals surface area contributed by atoms with E-state index in [4.69, 9.17) is 5.11 Å². The number of hydrogen-bond acceptors (Lipinski definition) is 3. The highest BCUT2D eigenvalue weighted by Crippen LogP contribution is 2.33. The first kappa shape index (κ1) is 14.8. The quantitative estimate of drug-likeness (QED) is 0.932. The van der Waals surface area contributed by atoms with Gasteiger partial charge >= 0.3 is 12.0 Å². The molecule has 1 aromatic rings. The molecule has 110 valence electrons. The molecule has 0 spiro atoms. The zero-order valence-electron chi connectivity index (χ0n) is 12.0. The Labute approximate surface area is 122 Å². The molecule has 2 amide bonds. The Morgan fingerprint density at radius 3 is 2.85 bits per heavy atom. The van der Waals surface area contributed by atoms with Crippen LogP contribution in [-0.2, 0) is 11.2 Å². The minimum absolute atomic E-state index is 0.00699. The van der Waals surface area contributed by atoms with E-state index < -0.39 is 5.97 Å². The predicted molar refractivity (Wildman–Crippen MR) is 78.0 cm³/mol. The van der Waals surface area contributed by atoms with Crippen LogP contribution in [0.15, 0.2) is 11.4 Å². The molecule has 1 unspecified atom stereocenters. The van der Waals surface area contributed by atoms with Crippen LogP contribution in [0.1, 0.15) is 37.3 Å². The number of fused-ring (bicyclic) bond motifs is 1. The van der Waals surface area contributed by atoms with Gasteiger partial charge in [-0.25, -0.2) is 4.79 Å². The fourth-order valence-corrected chi connectivity index (χ4v) is 3.52. The zero-order chi connectivity index (χ0) is 14.9. The van der Waals surface area contributed by atoms with Crippen LogP contribution in [0.3, 0.4) is 0 Å². The molecule has 2 heterocycles. The molecule has 1 aliphatic heterocycles. The number of carboxylic acid groups (broad SMARTS) is 1. The van der Waals surface area contributed by atoms with Crippen LogP contribution in [0, 0.1) is 0 Å². The molecule has 0 aromatic carbocycles. The van der Waals surface area contributed by atoms with Crippen molar-refractivity contribution in [3.05, 3.63) is 21.9 Å². The van der Waals surface area contributed by atoms with Gasteiger partial charge in [0.05, 0.1) is 6.04 Å². The van der Waals surface area contributed by atoms with Crippen molar-refractivity contribution in [2.24, 2.45) is 0 Å². The average Bonchev–Trinajstić information content (AvgIpc) is 2.84. The number of nitrogens with zero attached hydrogens (tertiary/aromatic N) is 2. The molecule has 6 heteroatoms. The lowest BCUT2D eigenvalue weighted by Gasteiger charge is -2.38. The van der Waals surface area contributed by atoms with Crippen molar-refractivity contribution < 1.29 is 14.7 Å². The molecule has 0 saturated heterocycles. The highest BCUT2D eigenvalue weighted by molar-refractivity contribution is 7.10. The van der Waals surface area contributed by atoms with E-state index in [1.165, 1.54) is 15.3 Å². The highest BCUT2D eigenvalue weighted by Gasteiger charge is 2.32. The summed E-state index contributed by atoms with van der Waals surface area (Å²) >= 11 is 1.72. The summed E-state index contributed by atoms with van der Waals surface area (Å²) in [4.78, 5) is 28.1. The van der Waals surface area contributed by atoms with Crippen LogP contribution >= 0.6 is 11.3 Å². The zero-order valence-corrected chi connectivity index (χ0v) is 12.8. The van der Waals surface area contributed by atoms with Crippen LogP contribution in [0.4, 0.5) is 4.79 Å². The fraction of sp³-hybridized carbons (Fsp3) is 0.571. The minimum Gasteiger partial charge on any atom is -0.480 e. The van der Waals surface area contributed by atoms with Gasteiger partial charge in [0.15, 0.2) is 0 Å². The Bertz CT molecular complexity index is 512. The number of carbonyl (C=O) groups is 2. The number of carboxylic acids is 1. The second kappa shape index (κ2) is 5.83. The smallest absolute Gasteiger partial charge is 0.323 e. The molecule has 0 aliphatic carbocycles. The summed E-state index contributed by atoms with van der Waals surface area (Å²) in [5.74, 6) is -0.979. The van der Waals surface area contributed by atoms with Crippen LogP contribution in [0.5, 0.6) is 0 Å². The summed E-state index contributed by atoms with van der Waals surface area (Å²) < 4.78 is 0. The average molecular weight is 296 g/mol. The van der Waals surface area contributed by atoms with Crippen molar-refractivity contribution in [1.82, 2.24) is 9.80 Å². The number of carbonyl (C=O) groups excluding carboxylic acids is 1. The molecule has 1 aromatic heterocycles.